The van der Waals surface area contributed by atoms with E-state index in [0.29, 0.717) is 5.69 Å². The van der Waals surface area contributed by atoms with E-state index in [1.165, 1.54) is 0 Å². The van der Waals surface area contributed by atoms with Gasteiger partial charge in [0.25, 0.3) is 0 Å². The van der Waals surface area contributed by atoms with Gasteiger partial charge in [0.15, 0.2) is 0 Å². The lowest BCUT2D eigenvalue weighted by Crippen LogP contribution is -1.87. The minimum atomic E-state index is 0.556. The summed E-state index contributed by atoms with van der Waals surface area (Å²) in [5.41, 5.74) is 15.2. The molecule has 22 heavy (non-hydrogen) atoms. The monoisotopic (exact) mass is 680 g/mol. The van der Waals surface area contributed by atoms with Gasteiger partial charge in [-0.3, -0.25) is 0 Å². The summed E-state index contributed by atoms with van der Waals surface area (Å²) in [5, 5.41) is 3.51. The summed E-state index contributed by atoms with van der Waals surface area (Å²) in [6, 6.07) is 7.43. The number of hydrogen-bond acceptors (Lipinski definition) is 2. The van der Waals surface area contributed by atoms with Crippen molar-refractivity contribution in [1.82, 2.24) is 0 Å². The number of nitrogens with two attached hydrogens (primary N) is 1. The zero-order valence-corrected chi connectivity index (χ0v) is 20.0. The van der Waals surface area contributed by atoms with Crippen molar-refractivity contribution in [2.45, 2.75) is 0 Å². The molecule has 0 spiro atoms. The van der Waals surface area contributed by atoms with Crippen molar-refractivity contribution in [2.24, 2.45) is 5.11 Å². The first-order chi connectivity index (χ1) is 10.3. The van der Waals surface area contributed by atoms with Gasteiger partial charge in [0.1, 0.15) is 0 Å². The summed E-state index contributed by atoms with van der Waals surface area (Å²) in [6.07, 6.45) is 0. The van der Waals surface area contributed by atoms with Crippen LogP contribution in [0.1, 0.15) is 0 Å². The highest BCUT2D eigenvalue weighted by Gasteiger charge is 2.03. The summed E-state index contributed by atoms with van der Waals surface area (Å²) >= 11 is 19.8. The van der Waals surface area contributed by atoms with E-state index in [9.17, 15) is 0 Å². The Labute approximate surface area is 177 Å². The lowest BCUT2D eigenvalue weighted by Gasteiger charge is -2.00. The molecule has 0 fully saturated rings. The molecule has 0 heterocycles. The van der Waals surface area contributed by atoms with Crippen LogP contribution in [0, 0.1) is 0 Å². The van der Waals surface area contributed by atoms with Crippen LogP contribution in [0.5, 0.6) is 0 Å². The normalized spacial score (nSPS) is 9.55. The zero-order valence-electron chi connectivity index (χ0n) is 10.5. The van der Waals surface area contributed by atoms with Gasteiger partial charge in [-0.15, -0.1) is 0 Å². The van der Waals surface area contributed by atoms with Crippen LogP contribution in [0.3, 0.4) is 0 Å². The lowest BCUT2D eigenvalue weighted by molar-refractivity contribution is 1.41. The number of azide groups is 1. The minimum Gasteiger partial charge on any atom is -0.397 e. The smallest absolute Gasteiger partial charge is 0.0660 e. The molecular formula is C12H6Br6N4. The highest BCUT2D eigenvalue weighted by atomic mass is 79.9. The summed E-state index contributed by atoms with van der Waals surface area (Å²) in [7, 11) is 0. The molecule has 0 aliphatic carbocycles. The van der Waals surface area contributed by atoms with Crippen LogP contribution in [0.15, 0.2) is 56.2 Å². The SMILES string of the molecule is Nc1c(Br)cc(Br)cc1Br.[N-]=[N+]=Nc1c(Br)cc(Br)cc1Br. The minimum absolute atomic E-state index is 0.556. The largest absolute Gasteiger partial charge is 0.397 e. The van der Waals surface area contributed by atoms with E-state index in [0.717, 1.165) is 32.5 Å². The van der Waals surface area contributed by atoms with Gasteiger partial charge in [0.2, 0.25) is 0 Å². The van der Waals surface area contributed by atoms with E-state index in [4.69, 9.17) is 11.3 Å². The Morgan fingerprint density at radius 1 is 0.773 bits per heavy atom. The molecule has 2 aromatic carbocycles. The quantitative estimate of drug-likeness (QED) is 0.139. The maximum Gasteiger partial charge on any atom is 0.0660 e. The van der Waals surface area contributed by atoms with Crippen LogP contribution < -0.4 is 5.73 Å². The third kappa shape index (κ3) is 6.14. The van der Waals surface area contributed by atoms with Crippen LogP contribution in [0.4, 0.5) is 11.4 Å². The van der Waals surface area contributed by atoms with Gasteiger partial charge in [-0.1, -0.05) is 68.8 Å². The molecule has 4 nitrogen and oxygen atoms in total. The van der Waals surface area contributed by atoms with E-state index in [2.05, 4.69) is 106 Å². The average molecular weight is 686 g/mol. The summed E-state index contributed by atoms with van der Waals surface area (Å²) in [4.78, 5) is 2.71. The second-order valence-corrected chi connectivity index (χ2v) is 8.94. The highest BCUT2D eigenvalue weighted by molar-refractivity contribution is 9.12. The van der Waals surface area contributed by atoms with Crippen molar-refractivity contribution in [3.05, 3.63) is 61.5 Å². The summed E-state index contributed by atoms with van der Waals surface area (Å²) in [5.74, 6) is 0. The van der Waals surface area contributed by atoms with Gasteiger partial charge in [0.05, 0.1) is 11.4 Å². The van der Waals surface area contributed by atoms with Crippen LogP contribution in [-0.4, -0.2) is 0 Å². The second-order valence-electron chi connectivity index (χ2n) is 3.69. The zero-order chi connectivity index (χ0) is 16.9. The Hall–Kier alpha value is 0.430. The number of anilines is 1. The van der Waals surface area contributed by atoms with Crippen LogP contribution in [0.2, 0.25) is 0 Å². The number of hydrogen-bond donors (Lipinski definition) is 1. The van der Waals surface area contributed by atoms with Crippen molar-refractivity contribution >= 4 is 107 Å². The Bertz CT molecular complexity index is 696. The number of nitrogen functional groups attached to an aromatic ring is 1. The van der Waals surface area contributed by atoms with E-state index in [1.54, 1.807) is 0 Å². The van der Waals surface area contributed by atoms with Gasteiger partial charge in [-0.25, -0.2) is 0 Å². The molecule has 2 rings (SSSR count). The third-order valence-electron chi connectivity index (χ3n) is 2.17. The fourth-order valence-corrected chi connectivity index (χ4v) is 5.90. The lowest BCUT2D eigenvalue weighted by atomic mass is 10.3. The maximum absolute atomic E-state index is 8.24. The molecule has 0 aromatic heterocycles. The Kier molecular flexibility index (Phi) is 8.99. The highest BCUT2D eigenvalue weighted by Crippen LogP contribution is 2.36. The van der Waals surface area contributed by atoms with Crippen molar-refractivity contribution in [3.8, 4) is 0 Å². The van der Waals surface area contributed by atoms with Gasteiger partial charge in [0, 0.05) is 31.7 Å². The molecule has 0 bridgehead atoms. The molecule has 0 aliphatic heterocycles. The second kappa shape index (κ2) is 9.66. The predicted octanol–water partition coefficient (Wildman–Crippen LogP) is 8.47. The van der Waals surface area contributed by atoms with E-state index >= 15 is 0 Å². The fourth-order valence-electron chi connectivity index (χ4n) is 1.23. The van der Waals surface area contributed by atoms with Gasteiger partial charge >= 0.3 is 0 Å². The maximum atomic E-state index is 8.24. The molecule has 0 unspecified atom stereocenters. The summed E-state index contributed by atoms with van der Waals surface area (Å²) in [6.45, 7) is 0. The topological polar surface area (TPSA) is 74.8 Å². The Morgan fingerprint density at radius 2 is 1.14 bits per heavy atom. The fraction of sp³-hybridized carbons (Fsp3) is 0. The molecule has 0 saturated heterocycles. The molecule has 0 radical (unpaired) electrons. The Balaban J connectivity index is 0.000000224. The molecule has 2 aromatic rings. The van der Waals surface area contributed by atoms with Crippen molar-refractivity contribution in [2.75, 3.05) is 5.73 Å². The first-order valence-electron chi connectivity index (χ1n) is 5.36. The van der Waals surface area contributed by atoms with Crippen molar-refractivity contribution < 1.29 is 0 Å². The standard InChI is InChI=1S/C6H2Br3N3.C6H4Br3N/c7-3-1-4(8)6(11-12-10)5(9)2-3;7-3-1-4(8)6(10)5(9)2-3/h1-2H;1-2H,10H2. The average Bonchev–Trinajstić information content (AvgIpc) is 2.40. The third-order valence-corrected chi connectivity index (χ3v) is 5.61. The molecule has 2 N–H and O–H groups in total. The van der Waals surface area contributed by atoms with E-state index in [-0.39, 0.29) is 0 Å². The van der Waals surface area contributed by atoms with Crippen LogP contribution >= 0.6 is 95.6 Å². The first-order valence-corrected chi connectivity index (χ1v) is 10.1. The molecule has 0 saturated carbocycles. The number of nitrogens with zero attached hydrogens (tertiary/aromatic N) is 3. The van der Waals surface area contributed by atoms with Crippen molar-refractivity contribution in [1.29, 1.82) is 0 Å². The molecule has 0 atom stereocenters. The first kappa shape index (κ1) is 20.5. The Morgan fingerprint density at radius 3 is 1.50 bits per heavy atom. The number of halogens is 6. The van der Waals surface area contributed by atoms with Gasteiger partial charge in [-0.05, 0) is 61.7 Å². The van der Waals surface area contributed by atoms with Crippen LogP contribution in [0.25, 0.3) is 10.4 Å². The number of benzene rings is 2. The predicted molar refractivity (Wildman–Crippen MR) is 112 cm³/mol. The molecular weight excluding hydrogens is 680 g/mol. The van der Waals surface area contributed by atoms with Gasteiger partial charge < -0.3 is 5.73 Å². The van der Waals surface area contributed by atoms with Crippen LogP contribution in [-0.2, 0) is 0 Å². The van der Waals surface area contributed by atoms with E-state index in [1.807, 2.05) is 24.3 Å². The summed E-state index contributed by atoms with van der Waals surface area (Å²) < 4.78 is 5.21. The molecule has 0 aliphatic rings. The van der Waals surface area contributed by atoms with Crippen molar-refractivity contribution in [3.63, 3.8) is 0 Å². The molecule has 10 heteroatoms. The molecule has 116 valence electrons. The van der Waals surface area contributed by atoms with E-state index < -0.39 is 0 Å². The number of rotatable bonds is 1. The molecule has 0 amide bonds. The van der Waals surface area contributed by atoms with Gasteiger partial charge in [-0.2, -0.15) is 0 Å².